The van der Waals surface area contributed by atoms with Gasteiger partial charge in [-0.3, -0.25) is 19.8 Å². The largest absolute Gasteiger partial charge is 0.345 e. The van der Waals surface area contributed by atoms with Gasteiger partial charge >= 0.3 is 6.61 Å². The molecule has 4 heterocycles. The lowest BCUT2D eigenvalue weighted by molar-refractivity contribution is -0.163. The molecule has 9 heteroatoms. The second kappa shape index (κ2) is 7.35. The smallest absolute Gasteiger partial charge is 0.324 e. The van der Waals surface area contributed by atoms with Gasteiger partial charge in [-0.05, 0) is 19.3 Å². The molecule has 0 N–H and O–H groups in total. The predicted octanol–water partition coefficient (Wildman–Crippen LogP) is 1.81. The van der Waals surface area contributed by atoms with Crippen molar-refractivity contribution in [3.8, 4) is 0 Å². The summed E-state index contributed by atoms with van der Waals surface area (Å²) >= 11 is 0. The number of alkyl halides is 2. The molecule has 7 nitrogen and oxygen atoms in total. The van der Waals surface area contributed by atoms with Crippen LogP contribution in [0.5, 0.6) is 0 Å². The summed E-state index contributed by atoms with van der Waals surface area (Å²) < 4.78 is 29.8. The summed E-state index contributed by atoms with van der Waals surface area (Å²) in [6, 6.07) is -0.184. The molecule has 0 spiro atoms. The van der Waals surface area contributed by atoms with E-state index in [4.69, 9.17) is 4.99 Å². The van der Waals surface area contributed by atoms with Crippen LogP contribution in [0.1, 0.15) is 20.3 Å². The molecule has 0 radical (unpaired) electrons. The number of hydrazone groups is 1. The van der Waals surface area contributed by atoms with E-state index in [2.05, 4.69) is 14.8 Å². The summed E-state index contributed by atoms with van der Waals surface area (Å²) in [6.45, 7) is 2.11. The van der Waals surface area contributed by atoms with Crippen LogP contribution in [-0.4, -0.2) is 78.9 Å². The molecule has 4 aliphatic heterocycles. The molecular weight excluding hydrogens is 368 g/mol. The summed E-state index contributed by atoms with van der Waals surface area (Å²) in [5.41, 5.74) is 1.65. The normalized spacial score (nSPS) is 37.6. The van der Waals surface area contributed by atoms with Crippen molar-refractivity contribution in [1.82, 2.24) is 9.91 Å². The number of ether oxygens (including phenoxy) is 1. The maximum atomic E-state index is 13.1. The van der Waals surface area contributed by atoms with Crippen molar-refractivity contribution < 1.29 is 18.3 Å². The zero-order chi connectivity index (χ0) is 20.0. The molecule has 0 aliphatic carbocycles. The fourth-order valence-corrected chi connectivity index (χ4v) is 4.63. The molecule has 4 rings (SSSR count). The minimum atomic E-state index is -2.80. The highest BCUT2D eigenvalue weighted by atomic mass is 19.3. The fraction of sp³-hybridized carbons (Fsp3) is 0.684. The van der Waals surface area contributed by atoms with E-state index in [0.717, 1.165) is 11.4 Å². The van der Waals surface area contributed by atoms with Crippen molar-refractivity contribution in [2.75, 3.05) is 20.1 Å². The fourth-order valence-electron chi connectivity index (χ4n) is 4.63. The van der Waals surface area contributed by atoms with Gasteiger partial charge in [0.1, 0.15) is 0 Å². The average Bonchev–Trinajstić information content (AvgIpc) is 3.16. The number of rotatable bonds is 4. The molecule has 0 aromatic heterocycles. The zero-order valence-corrected chi connectivity index (χ0v) is 16.2. The summed E-state index contributed by atoms with van der Waals surface area (Å²) in [4.78, 5) is 24.0. The number of halogens is 2. The molecular formula is C19H25F2N5O2. The number of carbonyl (C=O) groups is 1. The van der Waals surface area contributed by atoms with Crippen LogP contribution < -0.4 is 0 Å². The highest BCUT2D eigenvalue weighted by Gasteiger charge is 2.49. The molecule has 4 aliphatic rings. The number of hydrogen-bond donors (Lipinski definition) is 0. The second-order valence-corrected chi connectivity index (χ2v) is 7.93. The molecule has 152 valence electrons. The SMILES string of the molecule is CC1C=C(C2C=NCC(OC(F)F)C2)N=C2C1C(=O)N(C1C=NN(C)C1)C2C. The third kappa shape index (κ3) is 3.36. The first-order valence-corrected chi connectivity index (χ1v) is 9.66. The van der Waals surface area contributed by atoms with Gasteiger partial charge in [0.05, 0.1) is 42.9 Å². The lowest BCUT2D eigenvalue weighted by atomic mass is 9.83. The van der Waals surface area contributed by atoms with Crippen molar-refractivity contribution in [2.24, 2.45) is 32.8 Å². The van der Waals surface area contributed by atoms with E-state index in [0.29, 0.717) is 13.0 Å². The van der Waals surface area contributed by atoms with Gasteiger partial charge < -0.3 is 9.64 Å². The Hall–Kier alpha value is -2.16. The summed E-state index contributed by atoms with van der Waals surface area (Å²) in [5.74, 6) is -0.379. The number of fused-ring (bicyclic) bond motifs is 1. The standard InChI is InChI=1S/C19H25F2N5O2/c1-10-4-15(12-5-14(8-22-6-12)28-19(20)21)24-17-11(2)26(18(27)16(10)17)13-7-23-25(3)9-13/h4,6-7,10-14,16,19H,5,8-9H2,1-3H3. The van der Waals surface area contributed by atoms with E-state index in [-0.39, 0.29) is 42.3 Å². The van der Waals surface area contributed by atoms with E-state index in [9.17, 15) is 13.6 Å². The summed E-state index contributed by atoms with van der Waals surface area (Å²) in [5, 5.41) is 6.08. The van der Waals surface area contributed by atoms with Crippen molar-refractivity contribution in [2.45, 2.75) is 45.1 Å². The van der Waals surface area contributed by atoms with Gasteiger partial charge in [-0.2, -0.15) is 13.9 Å². The lowest BCUT2D eigenvalue weighted by Crippen LogP contribution is -2.45. The van der Waals surface area contributed by atoms with Crippen LogP contribution in [-0.2, 0) is 9.53 Å². The Kier molecular flexibility index (Phi) is 5.03. The first-order chi connectivity index (χ1) is 13.3. The molecule has 1 amide bonds. The number of aliphatic imine (C=N–C) groups is 2. The van der Waals surface area contributed by atoms with Crippen LogP contribution in [0.2, 0.25) is 0 Å². The Morgan fingerprint density at radius 2 is 2.07 bits per heavy atom. The van der Waals surface area contributed by atoms with Gasteiger partial charge in [-0.15, -0.1) is 0 Å². The molecule has 0 aromatic carbocycles. The first-order valence-electron chi connectivity index (χ1n) is 9.66. The van der Waals surface area contributed by atoms with E-state index >= 15 is 0 Å². The van der Waals surface area contributed by atoms with Gasteiger partial charge in [0.2, 0.25) is 5.91 Å². The Labute approximate surface area is 162 Å². The van der Waals surface area contributed by atoms with Crippen LogP contribution in [0, 0.1) is 17.8 Å². The van der Waals surface area contributed by atoms with E-state index in [1.807, 2.05) is 43.1 Å². The van der Waals surface area contributed by atoms with Crippen molar-refractivity contribution >= 4 is 24.0 Å². The number of allylic oxidation sites excluding steroid dienone is 2. The van der Waals surface area contributed by atoms with Crippen LogP contribution in [0.15, 0.2) is 26.9 Å². The van der Waals surface area contributed by atoms with Gasteiger partial charge in [0.15, 0.2) is 0 Å². The monoisotopic (exact) mass is 393 g/mol. The number of hydrogen-bond acceptors (Lipinski definition) is 6. The number of carbonyl (C=O) groups excluding carboxylic acids is 1. The highest BCUT2D eigenvalue weighted by Crippen LogP contribution is 2.38. The molecule has 28 heavy (non-hydrogen) atoms. The van der Waals surface area contributed by atoms with Crippen molar-refractivity contribution in [1.29, 1.82) is 0 Å². The summed E-state index contributed by atoms with van der Waals surface area (Å²) in [6.07, 6.45) is 5.36. The molecule has 0 saturated carbocycles. The van der Waals surface area contributed by atoms with Crippen LogP contribution >= 0.6 is 0 Å². The highest BCUT2D eigenvalue weighted by molar-refractivity contribution is 6.15. The maximum absolute atomic E-state index is 13.1. The van der Waals surface area contributed by atoms with Gasteiger partial charge in [0.25, 0.3) is 0 Å². The van der Waals surface area contributed by atoms with Gasteiger partial charge in [-0.25, -0.2) is 0 Å². The Morgan fingerprint density at radius 3 is 2.75 bits per heavy atom. The Morgan fingerprint density at radius 1 is 1.29 bits per heavy atom. The van der Waals surface area contributed by atoms with E-state index in [1.54, 1.807) is 6.21 Å². The van der Waals surface area contributed by atoms with E-state index < -0.39 is 12.7 Å². The van der Waals surface area contributed by atoms with Crippen LogP contribution in [0.4, 0.5) is 8.78 Å². The van der Waals surface area contributed by atoms with Crippen LogP contribution in [0.25, 0.3) is 0 Å². The zero-order valence-electron chi connectivity index (χ0n) is 16.2. The molecule has 6 unspecified atom stereocenters. The number of amides is 1. The first kappa shape index (κ1) is 19.2. The molecule has 1 saturated heterocycles. The lowest BCUT2D eigenvalue weighted by Gasteiger charge is -2.28. The third-order valence-corrected chi connectivity index (χ3v) is 5.93. The van der Waals surface area contributed by atoms with Gasteiger partial charge in [0, 0.05) is 31.1 Å². The molecule has 0 bridgehead atoms. The third-order valence-electron chi connectivity index (χ3n) is 5.93. The van der Waals surface area contributed by atoms with E-state index in [1.165, 1.54) is 0 Å². The van der Waals surface area contributed by atoms with Gasteiger partial charge in [-0.1, -0.05) is 13.0 Å². The minimum absolute atomic E-state index is 0.0108. The maximum Gasteiger partial charge on any atom is 0.345 e. The Bertz CT molecular complexity index is 765. The molecule has 0 aromatic rings. The van der Waals surface area contributed by atoms with Crippen molar-refractivity contribution in [3.05, 3.63) is 11.8 Å². The average molecular weight is 393 g/mol. The quantitative estimate of drug-likeness (QED) is 0.731. The molecule has 6 atom stereocenters. The number of likely N-dealkylation sites (tertiary alicyclic amines) is 1. The summed E-state index contributed by atoms with van der Waals surface area (Å²) in [7, 11) is 1.88. The van der Waals surface area contributed by atoms with Crippen molar-refractivity contribution in [3.63, 3.8) is 0 Å². The Balaban J connectivity index is 1.56. The minimum Gasteiger partial charge on any atom is -0.324 e. The molecule has 1 fully saturated rings. The number of nitrogens with zero attached hydrogens (tertiary/aromatic N) is 5. The predicted molar refractivity (Wildman–Crippen MR) is 102 cm³/mol. The number of likely N-dealkylation sites (N-methyl/N-ethyl adjacent to an activating group) is 1. The topological polar surface area (TPSA) is 69.9 Å². The van der Waals surface area contributed by atoms with Crippen LogP contribution in [0.3, 0.4) is 0 Å². The second-order valence-electron chi connectivity index (χ2n) is 7.93.